The summed E-state index contributed by atoms with van der Waals surface area (Å²) < 4.78 is 5.31. The molecular weight excluding hydrogens is 340 g/mol. The van der Waals surface area contributed by atoms with E-state index in [1.165, 1.54) is 0 Å². The number of ether oxygens (including phenoxy) is 1. The van der Waals surface area contributed by atoms with Crippen LogP contribution < -0.4 is 10.6 Å². The molecule has 2 amide bonds. The summed E-state index contributed by atoms with van der Waals surface area (Å²) in [7, 11) is 0. The van der Waals surface area contributed by atoms with Gasteiger partial charge in [0.05, 0.1) is 12.8 Å². The van der Waals surface area contributed by atoms with Gasteiger partial charge in [-0.3, -0.25) is 14.7 Å². The molecule has 0 fully saturated rings. The molecule has 1 aromatic heterocycles. The van der Waals surface area contributed by atoms with Crippen molar-refractivity contribution in [3.8, 4) is 0 Å². The highest BCUT2D eigenvalue weighted by molar-refractivity contribution is 8.02. The lowest BCUT2D eigenvalue weighted by Gasteiger charge is -2.14. The average Bonchev–Trinajstić information content (AvgIpc) is 3.06. The predicted octanol–water partition coefficient (Wildman–Crippen LogP) is 2.19. The minimum absolute atomic E-state index is 0.187. The molecular formula is C17H18N4O3S. The molecule has 3 rings (SSSR count). The number of thioether (sulfide) groups is 1. The number of amides is 2. The molecule has 8 heteroatoms. The fourth-order valence-corrected chi connectivity index (χ4v) is 2.84. The van der Waals surface area contributed by atoms with Crippen LogP contribution in [0.25, 0.3) is 0 Å². The first-order valence-corrected chi connectivity index (χ1v) is 8.81. The Morgan fingerprint density at radius 1 is 1.28 bits per heavy atom. The van der Waals surface area contributed by atoms with Crippen LogP contribution in [-0.2, 0) is 16.1 Å². The molecule has 0 bridgehead atoms. The van der Waals surface area contributed by atoms with Crippen molar-refractivity contribution in [2.45, 2.75) is 13.5 Å². The number of aromatic nitrogens is 2. The number of H-pyrrole nitrogens is 1. The number of nitrogens with zero attached hydrogens (tertiary/aromatic N) is 1. The standard InChI is InChI=1S/C17H18N4O3S/c1-11-13(9-19-21-11)8-18-16(22)12-2-4-14(5-3-12)20-17(23)15-10-25-7-6-24-15/h2-5,9-10H,6-8H2,1H3,(H,18,22)(H,19,21)(H,20,23). The first-order chi connectivity index (χ1) is 12.1. The van der Waals surface area contributed by atoms with Crippen LogP contribution in [0.1, 0.15) is 21.6 Å². The van der Waals surface area contributed by atoms with Gasteiger partial charge in [0.15, 0.2) is 5.76 Å². The molecule has 130 valence electrons. The van der Waals surface area contributed by atoms with Crippen molar-refractivity contribution in [1.82, 2.24) is 15.5 Å². The Hall–Kier alpha value is -2.74. The van der Waals surface area contributed by atoms with E-state index >= 15 is 0 Å². The van der Waals surface area contributed by atoms with Crippen molar-refractivity contribution >= 4 is 29.3 Å². The maximum Gasteiger partial charge on any atom is 0.291 e. The molecule has 0 aliphatic carbocycles. The molecule has 25 heavy (non-hydrogen) atoms. The Morgan fingerprint density at radius 3 is 2.72 bits per heavy atom. The van der Waals surface area contributed by atoms with Gasteiger partial charge in [0.25, 0.3) is 11.8 Å². The molecule has 1 aliphatic heterocycles. The van der Waals surface area contributed by atoms with E-state index in [1.807, 2.05) is 6.92 Å². The van der Waals surface area contributed by atoms with Crippen molar-refractivity contribution < 1.29 is 14.3 Å². The van der Waals surface area contributed by atoms with E-state index in [4.69, 9.17) is 4.74 Å². The first-order valence-electron chi connectivity index (χ1n) is 7.76. The zero-order valence-electron chi connectivity index (χ0n) is 13.7. The maximum atomic E-state index is 12.2. The van der Waals surface area contributed by atoms with Crippen molar-refractivity contribution in [3.63, 3.8) is 0 Å². The van der Waals surface area contributed by atoms with Gasteiger partial charge in [-0.25, -0.2) is 0 Å². The number of carbonyl (C=O) groups is 2. The predicted molar refractivity (Wildman–Crippen MR) is 96.1 cm³/mol. The second kappa shape index (κ2) is 7.89. The molecule has 1 aliphatic rings. The molecule has 7 nitrogen and oxygen atoms in total. The van der Waals surface area contributed by atoms with Crippen LogP contribution in [0.5, 0.6) is 0 Å². The summed E-state index contributed by atoms with van der Waals surface area (Å²) in [5.74, 6) is 0.681. The quantitative estimate of drug-likeness (QED) is 0.761. The fraction of sp³-hybridized carbons (Fsp3) is 0.235. The third-order valence-electron chi connectivity index (χ3n) is 3.65. The van der Waals surface area contributed by atoms with E-state index in [9.17, 15) is 9.59 Å². The second-order valence-corrected chi connectivity index (χ2v) is 6.41. The largest absolute Gasteiger partial charge is 0.487 e. The van der Waals surface area contributed by atoms with E-state index in [1.54, 1.807) is 47.6 Å². The van der Waals surface area contributed by atoms with Crippen molar-refractivity contribution in [3.05, 3.63) is 58.5 Å². The summed E-state index contributed by atoms with van der Waals surface area (Å²) in [4.78, 5) is 24.2. The van der Waals surface area contributed by atoms with Gasteiger partial charge in [-0.15, -0.1) is 11.8 Å². The normalized spacial score (nSPS) is 13.6. The lowest BCUT2D eigenvalue weighted by atomic mass is 10.2. The molecule has 0 radical (unpaired) electrons. The summed E-state index contributed by atoms with van der Waals surface area (Å²) in [6.07, 6.45) is 1.69. The summed E-state index contributed by atoms with van der Waals surface area (Å²) in [5, 5.41) is 14.0. The van der Waals surface area contributed by atoms with Crippen molar-refractivity contribution in [1.29, 1.82) is 0 Å². The molecule has 1 aromatic carbocycles. The zero-order chi connectivity index (χ0) is 17.6. The van der Waals surface area contributed by atoms with Gasteiger partial charge in [-0.2, -0.15) is 5.10 Å². The minimum atomic E-state index is -0.292. The Balaban J connectivity index is 1.56. The van der Waals surface area contributed by atoms with Gasteiger partial charge < -0.3 is 15.4 Å². The highest BCUT2D eigenvalue weighted by Gasteiger charge is 2.14. The van der Waals surface area contributed by atoms with E-state index in [2.05, 4.69) is 20.8 Å². The Morgan fingerprint density at radius 2 is 2.08 bits per heavy atom. The number of hydrogen-bond donors (Lipinski definition) is 3. The van der Waals surface area contributed by atoms with Crippen LogP contribution in [0.2, 0.25) is 0 Å². The topological polar surface area (TPSA) is 96.1 Å². The van der Waals surface area contributed by atoms with Crippen LogP contribution in [0.15, 0.2) is 41.6 Å². The van der Waals surface area contributed by atoms with E-state index in [-0.39, 0.29) is 11.8 Å². The average molecular weight is 358 g/mol. The maximum absolute atomic E-state index is 12.2. The highest BCUT2D eigenvalue weighted by Crippen LogP contribution is 2.17. The number of aromatic amines is 1. The lowest BCUT2D eigenvalue weighted by Crippen LogP contribution is -2.23. The lowest BCUT2D eigenvalue weighted by molar-refractivity contribution is -0.116. The monoisotopic (exact) mass is 358 g/mol. The van der Waals surface area contributed by atoms with Gasteiger partial charge in [0, 0.05) is 40.2 Å². The summed E-state index contributed by atoms with van der Waals surface area (Å²) in [5.41, 5.74) is 2.99. The van der Waals surface area contributed by atoms with Gasteiger partial charge >= 0.3 is 0 Å². The van der Waals surface area contributed by atoms with Crippen LogP contribution in [0, 0.1) is 6.92 Å². The van der Waals surface area contributed by atoms with Crippen molar-refractivity contribution in [2.75, 3.05) is 17.7 Å². The summed E-state index contributed by atoms with van der Waals surface area (Å²) in [6.45, 7) is 2.83. The van der Waals surface area contributed by atoms with E-state index in [0.717, 1.165) is 17.0 Å². The Bertz CT molecular complexity index is 798. The number of anilines is 1. The molecule has 0 saturated heterocycles. The first kappa shape index (κ1) is 17.1. The Kier molecular flexibility index (Phi) is 5.39. The van der Waals surface area contributed by atoms with Gasteiger partial charge in [-0.1, -0.05) is 0 Å². The molecule has 0 spiro atoms. The van der Waals surface area contributed by atoms with Crippen LogP contribution in [-0.4, -0.2) is 34.4 Å². The fourth-order valence-electron chi connectivity index (χ4n) is 2.22. The van der Waals surface area contributed by atoms with E-state index < -0.39 is 0 Å². The summed E-state index contributed by atoms with van der Waals surface area (Å²) in [6, 6.07) is 6.70. The number of rotatable bonds is 5. The third kappa shape index (κ3) is 4.42. The zero-order valence-corrected chi connectivity index (χ0v) is 14.5. The number of carbonyl (C=O) groups excluding carboxylic acids is 2. The van der Waals surface area contributed by atoms with Crippen LogP contribution >= 0.6 is 11.8 Å². The molecule has 2 aromatic rings. The van der Waals surface area contributed by atoms with Gasteiger partial charge in [0.1, 0.15) is 0 Å². The third-order valence-corrected chi connectivity index (χ3v) is 4.43. The SMILES string of the molecule is Cc1[nH]ncc1CNC(=O)c1ccc(NC(=O)C2=CSCCO2)cc1. The number of nitrogens with one attached hydrogen (secondary N) is 3. The molecule has 3 N–H and O–H groups in total. The minimum Gasteiger partial charge on any atom is -0.487 e. The number of hydrogen-bond acceptors (Lipinski definition) is 5. The molecule has 0 unspecified atom stereocenters. The van der Waals surface area contributed by atoms with Crippen LogP contribution in [0.3, 0.4) is 0 Å². The van der Waals surface area contributed by atoms with Gasteiger partial charge in [0.2, 0.25) is 0 Å². The molecule has 0 atom stereocenters. The highest BCUT2D eigenvalue weighted by atomic mass is 32.2. The van der Waals surface area contributed by atoms with Crippen LogP contribution in [0.4, 0.5) is 5.69 Å². The smallest absolute Gasteiger partial charge is 0.291 e. The molecule has 2 heterocycles. The Labute approximate surface area is 149 Å². The number of benzene rings is 1. The number of aryl methyl sites for hydroxylation is 1. The second-order valence-electron chi connectivity index (χ2n) is 5.44. The molecule has 0 saturated carbocycles. The van der Waals surface area contributed by atoms with Gasteiger partial charge in [-0.05, 0) is 31.2 Å². The van der Waals surface area contributed by atoms with E-state index in [0.29, 0.717) is 30.2 Å². The van der Waals surface area contributed by atoms with Crippen molar-refractivity contribution in [2.24, 2.45) is 0 Å². The summed E-state index contributed by atoms with van der Waals surface area (Å²) >= 11 is 1.55.